The predicted molar refractivity (Wildman–Crippen MR) is 144 cm³/mol. The number of hydrogen-bond acceptors (Lipinski definition) is 6. The van der Waals surface area contributed by atoms with E-state index in [4.69, 9.17) is 18.9 Å². The number of ether oxygens (including phenoxy) is 4. The van der Waals surface area contributed by atoms with E-state index >= 15 is 0 Å². The van der Waals surface area contributed by atoms with Gasteiger partial charge in [-0.3, -0.25) is 9.80 Å². The van der Waals surface area contributed by atoms with Gasteiger partial charge in [0.2, 0.25) is 0 Å². The molecule has 0 saturated heterocycles. The van der Waals surface area contributed by atoms with Gasteiger partial charge in [-0.25, -0.2) is 9.59 Å². The molecule has 3 rings (SSSR count). The van der Waals surface area contributed by atoms with E-state index in [0.717, 1.165) is 4.90 Å². The lowest BCUT2D eigenvalue weighted by molar-refractivity contribution is -0.143. The molecule has 0 N–H and O–H groups in total. The number of alkyl halides is 6. The number of nitrogens with zero attached hydrogens (tertiary/aromatic N) is 2. The standard InChI is InChI=1S/C29H34F6N2O6/c1-8-42-26(39)37-16(2)9-21(20-13-23(40-6)24(41-7)14-22(20)37)36(25(38)43-27(3,4)5)15-17-10-18(28(30,31)32)12-19(11-17)29(33,34)35/h10-14,16,21H,8-9,15H2,1-7H3/t16-,21+/m0/s1. The van der Waals surface area contributed by atoms with E-state index < -0.39 is 65.5 Å². The largest absolute Gasteiger partial charge is 0.493 e. The Morgan fingerprint density at radius 3 is 1.91 bits per heavy atom. The number of carbonyl (C=O) groups excluding carboxylic acids is 2. The van der Waals surface area contributed by atoms with Gasteiger partial charge in [0.05, 0.1) is 43.7 Å². The highest BCUT2D eigenvalue weighted by atomic mass is 19.4. The third kappa shape index (κ3) is 7.77. The second-order valence-electron chi connectivity index (χ2n) is 11.0. The first-order valence-corrected chi connectivity index (χ1v) is 13.3. The van der Waals surface area contributed by atoms with Crippen molar-refractivity contribution in [3.63, 3.8) is 0 Å². The highest BCUT2D eigenvalue weighted by Gasteiger charge is 2.42. The quantitative estimate of drug-likeness (QED) is 0.305. The van der Waals surface area contributed by atoms with E-state index in [0.29, 0.717) is 17.7 Å². The van der Waals surface area contributed by atoms with Crippen LogP contribution < -0.4 is 14.4 Å². The summed E-state index contributed by atoms with van der Waals surface area (Å²) in [6.07, 6.45) is -11.8. The number of halogens is 6. The number of methoxy groups -OCH3 is 2. The molecule has 0 aromatic heterocycles. The van der Waals surface area contributed by atoms with Crippen LogP contribution in [0, 0.1) is 0 Å². The summed E-state index contributed by atoms with van der Waals surface area (Å²) >= 11 is 0. The minimum atomic E-state index is -5.08. The van der Waals surface area contributed by atoms with E-state index in [1.807, 2.05) is 0 Å². The lowest BCUT2D eigenvalue weighted by atomic mass is 9.90. The Balaban J connectivity index is 2.26. The van der Waals surface area contributed by atoms with Crippen LogP contribution in [0.1, 0.15) is 69.3 Å². The molecule has 0 bridgehead atoms. The van der Waals surface area contributed by atoms with Gasteiger partial charge in [-0.2, -0.15) is 26.3 Å². The molecule has 0 radical (unpaired) electrons. The molecule has 0 fully saturated rings. The maximum Gasteiger partial charge on any atom is 0.416 e. The van der Waals surface area contributed by atoms with E-state index in [2.05, 4.69) is 0 Å². The van der Waals surface area contributed by atoms with Gasteiger partial charge >= 0.3 is 24.5 Å². The van der Waals surface area contributed by atoms with Gasteiger partial charge in [-0.1, -0.05) is 0 Å². The van der Waals surface area contributed by atoms with Crippen molar-refractivity contribution < 1.29 is 54.9 Å². The van der Waals surface area contributed by atoms with Crippen LogP contribution >= 0.6 is 0 Å². The Morgan fingerprint density at radius 2 is 1.44 bits per heavy atom. The fourth-order valence-corrected chi connectivity index (χ4v) is 4.85. The van der Waals surface area contributed by atoms with Crippen LogP contribution in [0.2, 0.25) is 0 Å². The predicted octanol–water partition coefficient (Wildman–Crippen LogP) is 7.97. The molecule has 238 valence electrons. The molecule has 2 aromatic carbocycles. The average Bonchev–Trinajstić information content (AvgIpc) is 2.88. The summed E-state index contributed by atoms with van der Waals surface area (Å²) < 4.78 is 103. The number of hydrogen-bond donors (Lipinski definition) is 0. The maximum absolute atomic E-state index is 13.6. The van der Waals surface area contributed by atoms with E-state index in [1.165, 1.54) is 31.3 Å². The molecule has 1 aliphatic rings. The molecule has 0 unspecified atom stereocenters. The lowest BCUT2D eigenvalue weighted by Gasteiger charge is -2.43. The molecule has 0 saturated carbocycles. The van der Waals surface area contributed by atoms with Crippen molar-refractivity contribution >= 4 is 17.9 Å². The van der Waals surface area contributed by atoms with Crippen LogP contribution in [0.3, 0.4) is 0 Å². The van der Waals surface area contributed by atoms with Gasteiger partial charge in [-0.05, 0) is 70.9 Å². The second-order valence-corrected chi connectivity index (χ2v) is 11.0. The molecule has 2 atom stereocenters. The fourth-order valence-electron chi connectivity index (χ4n) is 4.85. The molecule has 1 aliphatic heterocycles. The first-order valence-electron chi connectivity index (χ1n) is 13.3. The van der Waals surface area contributed by atoms with Crippen molar-refractivity contribution in [1.29, 1.82) is 0 Å². The minimum absolute atomic E-state index is 0.0215. The van der Waals surface area contributed by atoms with Crippen molar-refractivity contribution in [2.45, 2.75) is 77.6 Å². The highest BCUT2D eigenvalue weighted by Crippen LogP contribution is 2.47. The number of benzene rings is 2. The number of anilines is 1. The van der Waals surface area contributed by atoms with Crippen LogP contribution in [-0.2, 0) is 28.4 Å². The van der Waals surface area contributed by atoms with E-state index in [9.17, 15) is 35.9 Å². The summed E-state index contributed by atoms with van der Waals surface area (Å²) in [6.45, 7) is 7.40. The van der Waals surface area contributed by atoms with Crippen LogP contribution in [0.5, 0.6) is 11.5 Å². The maximum atomic E-state index is 13.6. The Bertz CT molecular complexity index is 1310. The van der Waals surface area contributed by atoms with Crippen LogP contribution in [0.4, 0.5) is 41.6 Å². The van der Waals surface area contributed by atoms with E-state index in [-0.39, 0.29) is 36.3 Å². The van der Waals surface area contributed by atoms with Crippen molar-refractivity contribution in [3.05, 3.63) is 52.6 Å². The first kappa shape index (κ1) is 33.7. The Morgan fingerprint density at radius 1 is 0.907 bits per heavy atom. The molecule has 14 heteroatoms. The molecule has 1 heterocycles. The van der Waals surface area contributed by atoms with Crippen LogP contribution in [0.25, 0.3) is 0 Å². The number of carbonyl (C=O) groups is 2. The van der Waals surface area contributed by atoms with Gasteiger partial charge in [0.1, 0.15) is 5.60 Å². The van der Waals surface area contributed by atoms with Gasteiger partial charge in [0.15, 0.2) is 11.5 Å². The first-order chi connectivity index (χ1) is 19.8. The number of amides is 2. The molecule has 2 amide bonds. The smallest absolute Gasteiger partial charge is 0.416 e. The summed E-state index contributed by atoms with van der Waals surface area (Å²) in [5, 5.41) is 0. The highest BCUT2D eigenvalue weighted by molar-refractivity contribution is 5.91. The van der Waals surface area contributed by atoms with Gasteiger partial charge < -0.3 is 18.9 Å². The zero-order chi connectivity index (χ0) is 32.5. The molecule has 43 heavy (non-hydrogen) atoms. The Hall–Kier alpha value is -3.84. The topological polar surface area (TPSA) is 77.5 Å². The van der Waals surface area contributed by atoms with Gasteiger partial charge in [0, 0.05) is 24.2 Å². The summed E-state index contributed by atoms with van der Waals surface area (Å²) in [4.78, 5) is 29.0. The third-order valence-corrected chi connectivity index (χ3v) is 6.63. The van der Waals surface area contributed by atoms with Crippen LogP contribution in [0.15, 0.2) is 30.3 Å². The molecular weight excluding hydrogens is 586 g/mol. The summed E-state index contributed by atoms with van der Waals surface area (Å²) in [7, 11) is 2.74. The second kappa shape index (κ2) is 12.4. The average molecular weight is 621 g/mol. The zero-order valence-corrected chi connectivity index (χ0v) is 24.8. The Kier molecular flexibility index (Phi) is 9.71. The number of fused-ring (bicyclic) bond motifs is 1. The third-order valence-electron chi connectivity index (χ3n) is 6.63. The monoisotopic (exact) mass is 620 g/mol. The summed E-state index contributed by atoms with van der Waals surface area (Å²) in [5.41, 5.74) is -3.93. The SMILES string of the molecule is CCOC(=O)N1c2cc(OC)c(OC)cc2[C@H](N(Cc2cc(C(F)(F)F)cc(C(F)(F)F)c2)C(=O)OC(C)(C)C)C[C@@H]1C. The molecule has 0 aliphatic carbocycles. The minimum Gasteiger partial charge on any atom is -0.493 e. The van der Waals surface area contributed by atoms with Gasteiger partial charge in [0.25, 0.3) is 0 Å². The Labute approximate surface area is 245 Å². The summed E-state index contributed by atoms with van der Waals surface area (Å²) in [6, 6.07) is 2.54. The zero-order valence-electron chi connectivity index (χ0n) is 24.8. The molecular formula is C29H34F6N2O6. The van der Waals surface area contributed by atoms with Crippen molar-refractivity contribution in [1.82, 2.24) is 4.90 Å². The van der Waals surface area contributed by atoms with Crippen LogP contribution in [-0.4, -0.2) is 49.6 Å². The summed E-state index contributed by atoms with van der Waals surface area (Å²) in [5.74, 6) is 0.451. The normalized spacial score (nSPS) is 17.2. The van der Waals surface area contributed by atoms with Crippen molar-refractivity contribution in [2.75, 3.05) is 25.7 Å². The number of rotatable bonds is 6. The molecule has 8 nitrogen and oxygen atoms in total. The van der Waals surface area contributed by atoms with Crippen molar-refractivity contribution in [2.24, 2.45) is 0 Å². The molecule has 0 spiro atoms. The lowest BCUT2D eigenvalue weighted by Crippen LogP contribution is -2.48. The van der Waals surface area contributed by atoms with Gasteiger partial charge in [-0.15, -0.1) is 0 Å². The fraction of sp³-hybridized carbons (Fsp3) is 0.517. The van der Waals surface area contributed by atoms with E-state index in [1.54, 1.807) is 34.6 Å². The molecule has 2 aromatic rings. The van der Waals surface area contributed by atoms with Crippen molar-refractivity contribution in [3.8, 4) is 11.5 Å².